The van der Waals surface area contributed by atoms with Gasteiger partial charge in [-0.25, -0.2) is 4.79 Å². The summed E-state index contributed by atoms with van der Waals surface area (Å²) in [6.07, 6.45) is 8.40. The van der Waals surface area contributed by atoms with Crippen LogP contribution in [0.4, 0.5) is 0 Å². The van der Waals surface area contributed by atoms with E-state index in [1.165, 1.54) is 17.7 Å². The number of phenols is 1. The van der Waals surface area contributed by atoms with Crippen molar-refractivity contribution in [1.82, 2.24) is 15.2 Å². The van der Waals surface area contributed by atoms with Crippen molar-refractivity contribution < 1.29 is 29.6 Å². The minimum atomic E-state index is -1.71. The number of nitrogens with zero attached hydrogens (tertiary/aromatic N) is 1. The molecule has 3 aromatic carbocycles. The van der Waals surface area contributed by atoms with Gasteiger partial charge in [0.05, 0.1) is 24.8 Å². The second-order valence-corrected chi connectivity index (χ2v) is 14.8. The fraction of sp³-hybridized carbons (Fsp3) is 0.488. The first-order valence-electron chi connectivity index (χ1n) is 19.4. The van der Waals surface area contributed by atoms with E-state index in [0.717, 1.165) is 83.8 Å². The van der Waals surface area contributed by atoms with Crippen molar-refractivity contribution in [2.45, 2.75) is 82.5 Å². The van der Waals surface area contributed by atoms with E-state index in [0.29, 0.717) is 54.1 Å². The van der Waals surface area contributed by atoms with Crippen LogP contribution in [-0.4, -0.2) is 70.6 Å². The third-order valence-corrected chi connectivity index (χ3v) is 11.1. The molecule has 2 heterocycles. The number of H-pyrrole nitrogens is 1. The number of likely N-dealkylation sites (tertiary alicyclic amines) is 1. The second kappa shape index (κ2) is 18.7. The number of nitrogens with one attached hydrogen (secondary N) is 2. The van der Waals surface area contributed by atoms with E-state index >= 15 is 0 Å². The lowest BCUT2D eigenvalue weighted by Crippen LogP contribution is -2.46. The maximum atomic E-state index is 13.8. The standard InChI is InChI=1S/C43H55N3O7/c47-38-19-17-36(37-18-20-40(49)45-41(37)38)39(48)28-44-23-8-3-9-26-52-35-16-10-15-34(27-35)43(51,33-13-6-2-7-14-33)42(50)53-30-32-21-24-46(25-22-32)29-31-11-4-1-5-12-31/h1,4-5,10-12,15-20,27,32-33,39,44,47-48,51H,2-3,6-9,13-14,21-26,28-30H2,(H,45,49)/t39-,43?/m0/s1. The number of aromatic hydroxyl groups is 1. The summed E-state index contributed by atoms with van der Waals surface area (Å²) in [6.45, 7) is 4.73. The number of fused-ring (bicyclic) bond motifs is 1. The van der Waals surface area contributed by atoms with Crippen LogP contribution in [0.15, 0.2) is 83.7 Å². The first kappa shape index (κ1) is 38.5. The maximum absolute atomic E-state index is 13.8. The summed E-state index contributed by atoms with van der Waals surface area (Å²) in [5, 5.41) is 37.0. The summed E-state index contributed by atoms with van der Waals surface area (Å²) < 4.78 is 12.1. The largest absolute Gasteiger partial charge is 0.506 e. The Labute approximate surface area is 312 Å². The number of hydrogen-bond acceptors (Lipinski definition) is 9. The number of rotatable bonds is 17. The number of aliphatic hydroxyl groups excluding tert-OH is 1. The summed E-state index contributed by atoms with van der Waals surface area (Å²) in [5.41, 5.74) is 0.780. The minimum absolute atomic E-state index is 0.0326. The van der Waals surface area contributed by atoms with E-state index < -0.39 is 17.7 Å². The van der Waals surface area contributed by atoms with Gasteiger partial charge in [0.2, 0.25) is 5.56 Å². The predicted octanol–water partition coefficient (Wildman–Crippen LogP) is 6.33. The quantitative estimate of drug-likeness (QED) is 0.0623. The van der Waals surface area contributed by atoms with E-state index in [2.05, 4.69) is 39.5 Å². The number of piperidine rings is 1. The van der Waals surface area contributed by atoms with Crippen LogP contribution in [0.1, 0.15) is 87.0 Å². The van der Waals surface area contributed by atoms with Crippen molar-refractivity contribution in [1.29, 1.82) is 0 Å². The molecule has 5 N–H and O–H groups in total. The molecule has 0 radical (unpaired) electrons. The van der Waals surface area contributed by atoms with Crippen molar-refractivity contribution >= 4 is 16.9 Å². The Hall–Kier alpha value is -4.22. The number of aromatic nitrogens is 1. The number of carbonyl (C=O) groups is 1. The smallest absolute Gasteiger partial charge is 0.343 e. The Morgan fingerprint density at radius 1 is 0.925 bits per heavy atom. The number of hydrogen-bond donors (Lipinski definition) is 5. The number of esters is 1. The number of phenolic OH excluding ortho intramolecular Hbond substituents is 1. The molecule has 53 heavy (non-hydrogen) atoms. The van der Waals surface area contributed by atoms with Crippen molar-refractivity contribution in [2.75, 3.05) is 39.4 Å². The number of unbranched alkanes of at least 4 members (excludes halogenated alkanes) is 2. The van der Waals surface area contributed by atoms with Gasteiger partial charge in [-0.15, -0.1) is 0 Å². The number of ether oxygens (including phenoxy) is 2. The predicted molar refractivity (Wildman–Crippen MR) is 206 cm³/mol. The first-order valence-corrected chi connectivity index (χ1v) is 19.4. The van der Waals surface area contributed by atoms with Crippen LogP contribution in [0, 0.1) is 11.8 Å². The van der Waals surface area contributed by atoms with E-state index in [9.17, 15) is 24.9 Å². The monoisotopic (exact) mass is 725 g/mol. The van der Waals surface area contributed by atoms with Gasteiger partial charge in [-0.1, -0.05) is 67.8 Å². The highest BCUT2D eigenvalue weighted by atomic mass is 16.6. The molecule has 4 aromatic rings. The Balaban J connectivity index is 0.949. The number of benzene rings is 3. The zero-order valence-corrected chi connectivity index (χ0v) is 30.7. The highest BCUT2D eigenvalue weighted by molar-refractivity contribution is 5.87. The lowest BCUT2D eigenvalue weighted by atomic mass is 9.73. The lowest BCUT2D eigenvalue weighted by Gasteiger charge is -2.37. The van der Waals surface area contributed by atoms with Crippen molar-refractivity contribution in [3.63, 3.8) is 0 Å². The molecule has 10 heteroatoms. The molecule has 1 saturated carbocycles. The molecule has 1 aliphatic carbocycles. The molecule has 0 amide bonds. The third kappa shape index (κ3) is 10.1. The molecule has 6 rings (SSSR count). The number of carbonyl (C=O) groups excluding carboxylic acids is 1. The Morgan fingerprint density at radius 2 is 1.72 bits per heavy atom. The van der Waals surface area contributed by atoms with E-state index in [1.54, 1.807) is 12.1 Å². The third-order valence-electron chi connectivity index (χ3n) is 11.1. The summed E-state index contributed by atoms with van der Waals surface area (Å²) >= 11 is 0. The van der Waals surface area contributed by atoms with Crippen molar-refractivity contribution in [3.8, 4) is 11.5 Å². The fourth-order valence-electron chi connectivity index (χ4n) is 7.94. The van der Waals surface area contributed by atoms with Gasteiger partial charge in [0.1, 0.15) is 11.5 Å². The van der Waals surface area contributed by atoms with Crippen LogP contribution in [0.3, 0.4) is 0 Å². The molecule has 0 spiro atoms. The average Bonchev–Trinajstić information content (AvgIpc) is 3.19. The van der Waals surface area contributed by atoms with Crippen LogP contribution < -0.4 is 15.6 Å². The topological polar surface area (TPSA) is 144 Å². The van der Waals surface area contributed by atoms with Gasteiger partial charge >= 0.3 is 5.97 Å². The van der Waals surface area contributed by atoms with E-state index in [1.807, 2.05) is 30.3 Å². The summed E-state index contributed by atoms with van der Waals surface area (Å²) in [4.78, 5) is 30.6. The molecule has 1 saturated heterocycles. The van der Waals surface area contributed by atoms with Crippen molar-refractivity contribution in [2.24, 2.45) is 11.8 Å². The number of aromatic amines is 1. The zero-order chi connectivity index (χ0) is 37.0. The molecular formula is C43H55N3O7. The van der Waals surface area contributed by atoms with Gasteiger partial charge in [0.25, 0.3) is 0 Å². The lowest BCUT2D eigenvalue weighted by molar-refractivity contribution is -0.177. The summed E-state index contributed by atoms with van der Waals surface area (Å²) in [5.74, 6) is 0.131. The Kier molecular flexibility index (Phi) is 13.6. The van der Waals surface area contributed by atoms with Crippen LogP contribution in [0.2, 0.25) is 0 Å². The Bertz CT molecular complexity index is 1820. The number of aliphatic hydroxyl groups is 2. The second-order valence-electron chi connectivity index (χ2n) is 14.8. The molecule has 2 fully saturated rings. The molecule has 0 bridgehead atoms. The highest BCUT2D eigenvalue weighted by Crippen LogP contribution is 2.41. The molecule has 1 aliphatic heterocycles. The maximum Gasteiger partial charge on any atom is 0.343 e. The van der Waals surface area contributed by atoms with Crippen LogP contribution in [0.5, 0.6) is 11.5 Å². The van der Waals surface area contributed by atoms with E-state index in [4.69, 9.17) is 9.47 Å². The fourth-order valence-corrected chi connectivity index (χ4v) is 7.94. The highest BCUT2D eigenvalue weighted by Gasteiger charge is 2.47. The van der Waals surface area contributed by atoms with Gasteiger partial charge in [0.15, 0.2) is 5.60 Å². The SMILES string of the molecule is O=C(OCC1CCN(Cc2ccccc2)CC1)C(O)(c1cccc(OCCCCCNC[C@H](O)c2ccc(O)c3[nH]c(=O)ccc23)c1)C1CCCCC1. The van der Waals surface area contributed by atoms with Crippen molar-refractivity contribution in [3.05, 3.63) is 106 Å². The van der Waals surface area contributed by atoms with Crippen LogP contribution in [0.25, 0.3) is 10.9 Å². The van der Waals surface area contributed by atoms with Gasteiger partial charge in [0, 0.05) is 30.5 Å². The molecule has 2 atom stereocenters. The van der Waals surface area contributed by atoms with Crippen LogP contribution >= 0.6 is 0 Å². The normalized spacial score (nSPS) is 17.7. The molecule has 284 valence electrons. The molecule has 1 unspecified atom stereocenters. The van der Waals surface area contributed by atoms with E-state index in [-0.39, 0.29) is 23.1 Å². The average molecular weight is 726 g/mol. The first-order chi connectivity index (χ1) is 25.8. The summed E-state index contributed by atoms with van der Waals surface area (Å²) in [7, 11) is 0. The molecule has 10 nitrogen and oxygen atoms in total. The summed E-state index contributed by atoms with van der Waals surface area (Å²) in [6, 6.07) is 24.0. The molecule has 2 aliphatic rings. The van der Waals surface area contributed by atoms with Crippen LogP contribution in [-0.2, 0) is 21.7 Å². The zero-order valence-electron chi connectivity index (χ0n) is 30.7. The Morgan fingerprint density at radius 3 is 2.51 bits per heavy atom. The molecular weight excluding hydrogens is 670 g/mol. The molecule has 1 aromatic heterocycles. The van der Waals surface area contributed by atoms with Gasteiger partial charge in [-0.3, -0.25) is 9.69 Å². The number of pyridine rings is 1. The minimum Gasteiger partial charge on any atom is -0.506 e. The van der Waals surface area contributed by atoms with Gasteiger partial charge in [-0.2, -0.15) is 0 Å². The van der Waals surface area contributed by atoms with Gasteiger partial charge < -0.3 is 35.1 Å². The van der Waals surface area contributed by atoms with Gasteiger partial charge in [-0.05, 0) is 111 Å².